The van der Waals surface area contributed by atoms with Gasteiger partial charge in [0.05, 0.1) is 16.7 Å². The molecule has 0 fully saturated rings. The van der Waals surface area contributed by atoms with E-state index < -0.39 is 0 Å². The summed E-state index contributed by atoms with van der Waals surface area (Å²) < 4.78 is 2.46. The van der Waals surface area contributed by atoms with Crippen molar-refractivity contribution in [3.8, 4) is 22.3 Å². The molecule has 2 aliphatic heterocycles. The number of anilines is 2. The number of hydrogen-bond donors (Lipinski definition) is 0. The monoisotopic (exact) mass is 670 g/mol. The van der Waals surface area contributed by atoms with E-state index in [4.69, 9.17) is 0 Å². The smallest absolute Gasteiger partial charge is 0.0541 e. The summed E-state index contributed by atoms with van der Waals surface area (Å²) in [6.07, 6.45) is 14.3. The zero-order chi connectivity index (χ0) is 33.9. The van der Waals surface area contributed by atoms with Gasteiger partial charge in [-0.2, -0.15) is 0 Å². The minimum atomic E-state index is 0.494. The average molecular weight is 671 g/mol. The normalized spacial score (nSPS) is 17.6. The van der Waals surface area contributed by atoms with Gasteiger partial charge in [0, 0.05) is 44.1 Å². The second-order valence-electron chi connectivity index (χ2n) is 13.4. The summed E-state index contributed by atoms with van der Waals surface area (Å²) in [6.45, 7) is 4.49. The summed E-state index contributed by atoms with van der Waals surface area (Å²) in [6, 6.07) is 50.8. The lowest BCUT2D eigenvalue weighted by atomic mass is 9.95. The lowest BCUT2D eigenvalue weighted by molar-refractivity contribution is 1.06. The first-order valence-corrected chi connectivity index (χ1v) is 18.4. The highest BCUT2D eigenvalue weighted by molar-refractivity contribution is 8.00. The van der Waals surface area contributed by atoms with Gasteiger partial charge in [-0.15, -0.1) is 11.8 Å². The van der Waals surface area contributed by atoms with Crippen molar-refractivity contribution in [2.24, 2.45) is 0 Å². The Labute approximate surface area is 302 Å². The molecule has 0 saturated carbocycles. The molecule has 0 spiro atoms. The van der Waals surface area contributed by atoms with Gasteiger partial charge >= 0.3 is 0 Å². The minimum Gasteiger partial charge on any atom is -0.317 e. The molecular formula is C48H34N2S. The molecule has 6 aromatic carbocycles. The van der Waals surface area contributed by atoms with Crippen molar-refractivity contribution >= 4 is 61.8 Å². The Hall–Kier alpha value is -6.03. The number of hydrogen-bond acceptors (Lipinski definition) is 2. The number of nitrogens with zero attached hydrogens (tertiary/aromatic N) is 2. The Kier molecular flexibility index (Phi) is 7.07. The second-order valence-corrected chi connectivity index (χ2v) is 14.6. The first-order valence-electron chi connectivity index (χ1n) is 17.5. The third-order valence-corrected chi connectivity index (χ3v) is 11.8. The predicted molar refractivity (Wildman–Crippen MR) is 219 cm³/mol. The molecule has 1 aliphatic carbocycles. The van der Waals surface area contributed by atoms with Gasteiger partial charge in [-0.25, -0.2) is 0 Å². The van der Waals surface area contributed by atoms with Crippen LogP contribution in [0.1, 0.15) is 17.5 Å². The van der Waals surface area contributed by atoms with Gasteiger partial charge < -0.3 is 9.47 Å². The van der Waals surface area contributed by atoms with Crippen molar-refractivity contribution in [3.05, 3.63) is 194 Å². The Morgan fingerprint density at radius 1 is 0.608 bits per heavy atom. The molecule has 0 saturated heterocycles. The summed E-state index contributed by atoms with van der Waals surface area (Å²) >= 11 is 2.00. The van der Waals surface area contributed by atoms with Gasteiger partial charge in [-0.05, 0) is 106 Å². The average Bonchev–Trinajstić information content (AvgIpc) is 3.72. The van der Waals surface area contributed by atoms with E-state index in [1.54, 1.807) is 0 Å². The van der Waals surface area contributed by atoms with Crippen molar-refractivity contribution in [2.75, 3.05) is 4.90 Å². The minimum absolute atomic E-state index is 0.494. The van der Waals surface area contributed by atoms with Gasteiger partial charge in [0.15, 0.2) is 0 Å². The number of thioether (sulfide) groups is 1. The number of para-hydroxylation sites is 1. The lowest BCUT2D eigenvalue weighted by Gasteiger charge is -2.26. The van der Waals surface area contributed by atoms with E-state index in [0.29, 0.717) is 5.25 Å². The Morgan fingerprint density at radius 3 is 2.24 bits per heavy atom. The molecule has 242 valence electrons. The van der Waals surface area contributed by atoms with Crippen LogP contribution in [0.2, 0.25) is 0 Å². The summed E-state index contributed by atoms with van der Waals surface area (Å²) in [5, 5.41) is 3.03. The van der Waals surface area contributed by atoms with Crippen LogP contribution in [0.4, 0.5) is 11.4 Å². The highest BCUT2D eigenvalue weighted by Crippen LogP contribution is 2.50. The molecule has 1 atom stereocenters. The third kappa shape index (κ3) is 5.04. The molecule has 1 aromatic heterocycles. The molecule has 0 amide bonds. The molecule has 0 bridgehead atoms. The van der Waals surface area contributed by atoms with Crippen molar-refractivity contribution in [3.63, 3.8) is 0 Å². The molecule has 10 rings (SSSR count). The van der Waals surface area contributed by atoms with Crippen LogP contribution in [-0.4, -0.2) is 9.82 Å². The topological polar surface area (TPSA) is 8.17 Å². The van der Waals surface area contributed by atoms with E-state index >= 15 is 0 Å². The zero-order valence-electron chi connectivity index (χ0n) is 28.0. The standard InChI is InChI=1S/C48H34N2S/c1-32-11-9-10-28-49(37-22-18-34(19-23-37)33-12-3-2-4-13-33)44-25-20-35(29-41(32)44)36-21-26-46-42(30-36)39-14-5-7-16-45(39)50(46)38-24-27-48-43(31-38)40-15-6-8-17-47(40)51-48/h2-26,28-31,48H,1,27H2/b11-9-,28-10-. The maximum atomic E-state index is 4.49. The van der Waals surface area contributed by atoms with Crippen LogP contribution >= 0.6 is 11.8 Å². The van der Waals surface area contributed by atoms with Crippen LogP contribution < -0.4 is 4.90 Å². The Morgan fingerprint density at radius 2 is 1.33 bits per heavy atom. The number of allylic oxidation sites excluding steroid dienone is 7. The van der Waals surface area contributed by atoms with E-state index in [2.05, 4.69) is 192 Å². The highest BCUT2D eigenvalue weighted by atomic mass is 32.2. The largest absolute Gasteiger partial charge is 0.317 e. The Balaban J connectivity index is 1.05. The predicted octanol–water partition coefficient (Wildman–Crippen LogP) is 13.2. The van der Waals surface area contributed by atoms with E-state index in [0.717, 1.165) is 28.9 Å². The van der Waals surface area contributed by atoms with E-state index in [1.165, 1.54) is 65.8 Å². The second kappa shape index (κ2) is 12.1. The molecule has 3 heterocycles. The first kappa shape index (κ1) is 29.8. The number of fused-ring (bicyclic) bond motifs is 7. The first-order chi connectivity index (χ1) is 25.2. The van der Waals surface area contributed by atoms with Gasteiger partial charge in [0.1, 0.15) is 0 Å². The molecule has 0 radical (unpaired) electrons. The van der Waals surface area contributed by atoms with E-state index in [-0.39, 0.29) is 0 Å². The molecule has 3 aliphatic rings. The molecule has 1 unspecified atom stereocenters. The highest BCUT2D eigenvalue weighted by Gasteiger charge is 2.30. The van der Waals surface area contributed by atoms with Crippen LogP contribution in [0.5, 0.6) is 0 Å². The number of aromatic nitrogens is 1. The molecule has 7 aromatic rings. The molecule has 3 heteroatoms. The van der Waals surface area contributed by atoms with Crippen molar-refractivity contribution in [1.29, 1.82) is 0 Å². The van der Waals surface area contributed by atoms with E-state index in [1.807, 2.05) is 11.8 Å². The number of benzene rings is 6. The van der Waals surface area contributed by atoms with Crippen molar-refractivity contribution in [2.45, 2.75) is 16.6 Å². The van der Waals surface area contributed by atoms with E-state index in [9.17, 15) is 0 Å². The summed E-state index contributed by atoms with van der Waals surface area (Å²) in [7, 11) is 0. The summed E-state index contributed by atoms with van der Waals surface area (Å²) in [4.78, 5) is 3.65. The molecule has 2 nitrogen and oxygen atoms in total. The van der Waals surface area contributed by atoms with Crippen LogP contribution in [0.3, 0.4) is 0 Å². The Bertz CT molecular complexity index is 2650. The van der Waals surface area contributed by atoms with Crippen LogP contribution in [-0.2, 0) is 0 Å². The number of rotatable bonds is 4. The fraction of sp³-hybridized carbons (Fsp3) is 0.0417. The third-order valence-electron chi connectivity index (χ3n) is 10.4. The maximum absolute atomic E-state index is 4.49. The fourth-order valence-corrected chi connectivity index (χ4v) is 9.20. The molecule has 51 heavy (non-hydrogen) atoms. The molecule has 0 N–H and O–H groups in total. The van der Waals surface area contributed by atoms with Gasteiger partial charge in [-0.3, -0.25) is 0 Å². The fourth-order valence-electron chi connectivity index (χ4n) is 7.91. The van der Waals surface area contributed by atoms with Crippen molar-refractivity contribution < 1.29 is 0 Å². The van der Waals surface area contributed by atoms with Crippen LogP contribution in [0, 0.1) is 0 Å². The SMILES string of the molecule is C=C1/C=C\C=C/N(c2ccc(-c3ccccc3)cc2)c2ccc(-c3ccc4c(c3)c3ccccc3n4C3=CCC4Sc5ccccc5C4=C3)cc21. The lowest BCUT2D eigenvalue weighted by Crippen LogP contribution is -2.11. The zero-order valence-corrected chi connectivity index (χ0v) is 28.9. The summed E-state index contributed by atoms with van der Waals surface area (Å²) in [5.41, 5.74) is 15.7. The van der Waals surface area contributed by atoms with Gasteiger partial charge in [0.25, 0.3) is 0 Å². The van der Waals surface area contributed by atoms with Gasteiger partial charge in [0.2, 0.25) is 0 Å². The van der Waals surface area contributed by atoms with Crippen LogP contribution in [0.25, 0.3) is 60.9 Å². The van der Waals surface area contributed by atoms with Crippen molar-refractivity contribution in [1.82, 2.24) is 4.57 Å². The summed E-state index contributed by atoms with van der Waals surface area (Å²) in [5.74, 6) is 0. The molecular weight excluding hydrogens is 637 g/mol. The maximum Gasteiger partial charge on any atom is 0.0541 e. The van der Waals surface area contributed by atoms with Gasteiger partial charge in [-0.1, -0.05) is 116 Å². The quantitative estimate of drug-likeness (QED) is 0.184. The van der Waals surface area contributed by atoms with Crippen LogP contribution in [0.15, 0.2) is 188 Å².